The van der Waals surface area contributed by atoms with E-state index in [4.69, 9.17) is 0 Å². The summed E-state index contributed by atoms with van der Waals surface area (Å²) in [5.41, 5.74) is 0.684. The molecule has 0 heterocycles. The fourth-order valence-corrected chi connectivity index (χ4v) is 2.78. The highest BCUT2D eigenvalue weighted by Crippen LogP contribution is 2.49. The normalized spacial score (nSPS) is 26.1. The zero-order valence-electron chi connectivity index (χ0n) is 10.8. The first kappa shape index (κ1) is 13.5. The summed E-state index contributed by atoms with van der Waals surface area (Å²) in [5, 5.41) is 0. The molecule has 0 aromatic rings. The zero-order valence-corrected chi connectivity index (χ0v) is 10.8. The first-order chi connectivity index (χ1) is 9.08. The van der Waals surface area contributed by atoms with Crippen molar-refractivity contribution in [2.45, 2.75) is 19.3 Å². The van der Waals surface area contributed by atoms with Gasteiger partial charge in [-0.3, -0.25) is 4.79 Å². The first-order valence-electron chi connectivity index (χ1n) is 6.23. The maximum atomic E-state index is 11.4. The molecule has 0 amide bonds. The summed E-state index contributed by atoms with van der Waals surface area (Å²) in [6.07, 6.45) is 11.0. The average Bonchev–Trinajstić information content (AvgIpc) is 2.72. The number of ketones is 1. The molecule has 1 fully saturated rings. The van der Waals surface area contributed by atoms with Gasteiger partial charge in [0.2, 0.25) is 0 Å². The topological polar surface area (TPSA) is 60.4 Å². The van der Waals surface area contributed by atoms with Gasteiger partial charge in [-0.1, -0.05) is 17.7 Å². The smallest absolute Gasteiger partial charge is 0.330 e. The number of rotatable bonds is 3. The van der Waals surface area contributed by atoms with Crippen LogP contribution in [-0.2, 0) is 19.1 Å². The van der Waals surface area contributed by atoms with E-state index in [9.17, 15) is 14.4 Å². The molecule has 2 aliphatic carbocycles. The molecule has 1 saturated carbocycles. The number of allylic oxidation sites excluding steroid dienone is 5. The van der Waals surface area contributed by atoms with E-state index >= 15 is 0 Å². The minimum absolute atomic E-state index is 0.0250. The zero-order chi connectivity index (χ0) is 13.9. The van der Waals surface area contributed by atoms with Crippen molar-refractivity contribution < 1.29 is 19.1 Å². The van der Waals surface area contributed by atoms with E-state index in [0.717, 1.165) is 18.3 Å². The predicted octanol–water partition coefficient (Wildman–Crippen LogP) is 1.77. The molecule has 2 rings (SSSR count). The fraction of sp³-hybridized carbons (Fsp3) is 0.400. The van der Waals surface area contributed by atoms with Gasteiger partial charge in [0.25, 0.3) is 0 Å². The Hall–Kier alpha value is -1.97. The van der Waals surface area contributed by atoms with Crippen molar-refractivity contribution in [3.8, 4) is 0 Å². The lowest BCUT2D eigenvalue weighted by Crippen LogP contribution is -2.14. The first-order valence-corrected chi connectivity index (χ1v) is 6.23. The SMILES string of the molecule is COC(=O)/C=C1/CC2(C=CC(=O)C=C2)C[C@H]1CC=O. The van der Waals surface area contributed by atoms with Gasteiger partial charge in [0, 0.05) is 17.9 Å². The Bertz CT molecular complexity index is 480. The van der Waals surface area contributed by atoms with Gasteiger partial charge in [-0.15, -0.1) is 0 Å². The van der Waals surface area contributed by atoms with Crippen LogP contribution in [0.15, 0.2) is 36.0 Å². The molecular formula is C15H16O4. The third kappa shape index (κ3) is 2.89. The second-order valence-electron chi connectivity index (χ2n) is 5.02. The Labute approximate surface area is 111 Å². The summed E-state index contributed by atoms with van der Waals surface area (Å²) < 4.78 is 4.64. The van der Waals surface area contributed by atoms with Gasteiger partial charge in [-0.05, 0) is 30.9 Å². The highest BCUT2D eigenvalue weighted by molar-refractivity contribution is 6.00. The van der Waals surface area contributed by atoms with E-state index in [0.29, 0.717) is 12.8 Å². The molecule has 1 atom stereocenters. The molecule has 100 valence electrons. The van der Waals surface area contributed by atoms with Crippen molar-refractivity contribution in [2.24, 2.45) is 11.3 Å². The van der Waals surface area contributed by atoms with Gasteiger partial charge >= 0.3 is 5.97 Å². The van der Waals surface area contributed by atoms with Gasteiger partial charge in [-0.2, -0.15) is 0 Å². The monoisotopic (exact) mass is 260 g/mol. The van der Waals surface area contributed by atoms with Crippen LogP contribution in [0.2, 0.25) is 0 Å². The third-order valence-corrected chi connectivity index (χ3v) is 3.73. The van der Waals surface area contributed by atoms with Crippen LogP contribution >= 0.6 is 0 Å². The van der Waals surface area contributed by atoms with Gasteiger partial charge in [0.15, 0.2) is 5.78 Å². The summed E-state index contributed by atoms with van der Waals surface area (Å²) in [6.45, 7) is 0. The van der Waals surface area contributed by atoms with Gasteiger partial charge in [0.05, 0.1) is 7.11 Å². The van der Waals surface area contributed by atoms with E-state index in [-0.39, 0.29) is 17.1 Å². The average molecular weight is 260 g/mol. The second kappa shape index (κ2) is 5.34. The van der Waals surface area contributed by atoms with Crippen LogP contribution in [0.1, 0.15) is 19.3 Å². The van der Waals surface area contributed by atoms with Crippen LogP contribution in [0.5, 0.6) is 0 Å². The number of methoxy groups -OCH3 is 1. The summed E-state index contributed by atoms with van der Waals surface area (Å²) in [6, 6.07) is 0. The lowest BCUT2D eigenvalue weighted by atomic mass is 9.81. The number of aldehydes is 1. The van der Waals surface area contributed by atoms with Crippen molar-refractivity contribution in [2.75, 3.05) is 7.11 Å². The van der Waals surface area contributed by atoms with Crippen molar-refractivity contribution in [1.82, 2.24) is 0 Å². The molecule has 0 bridgehead atoms. The van der Waals surface area contributed by atoms with Crippen LogP contribution in [0, 0.1) is 11.3 Å². The molecule has 4 heteroatoms. The summed E-state index contributed by atoms with van der Waals surface area (Å²) >= 11 is 0. The molecule has 0 unspecified atom stereocenters. The van der Waals surface area contributed by atoms with E-state index in [1.165, 1.54) is 13.2 Å². The summed E-state index contributed by atoms with van der Waals surface area (Å²) in [4.78, 5) is 33.3. The molecule has 0 radical (unpaired) electrons. The van der Waals surface area contributed by atoms with Crippen LogP contribution in [0.3, 0.4) is 0 Å². The molecule has 0 aromatic heterocycles. The Balaban J connectivity index is 2.25. The molecule has 19 heavy (non-hydrogen) atoms. The number of ether oxygens (including phenoxy) is 1. The molecule has 1 spiro atoms. The maximum Gasteiger partial charge on any atom is 0.330 e. The quantitative estimate of drug-likeness (QED) is 0.441. The van der Waals surface area contributed by atoms with E-state index in [1.54, 1.807) is 12.2 Å². The van der Waals surface area contributed by atoms with Crippen molar-refractivity contribution in [3.63, 3.8) is 0 Å². The van der Waals surface area contributed by atoms with Gasteiger partial charge < -0.3 is 9.53 Å². The largest absolute Gasteiger partial charge is 0.466 e. The van der Waals surface area contributed by atoms with Crippen LogP contribution in [0.25, 0.3) is 0 Å². The van der Waals surface area contributed by atoms with E-state index in [1.807, 2.05) is 12.2 Å². The standard InChI is InChI=1S/C15H16O4/c1-19-14(18)8-12-10-15(9-11(12)4-7-16)5-2-13(17)3-6-15/h2-3,5-8,11H,4,9-10H2,1H3/b12-8-/t11-/m1/s1. The summed E-state index contributed by atoms with van der Waals surface area (Å²) in [7, 11) is 1.33. The predicted molar refractivity (Wildman–Crippen MR) is 69.2 cm³/mol. The van der Waals surface area contributed by atoms with Gasteiger partial charge in [0.1, 0.15) is 6.29 Å². The van der Waals surface area contributed by atoms with Crippen molar-refractivity contribution >= 4 is 18.0 Å². The van der Waals surface area contributed by atoms with Crippen molar-refractivity contribution in [1.29, 1.82) is 0 Å². The van der Waals surface area contributed by atoms with Crippen LogP contribution < -0.4 is 0 Å². The number of hydrogen-bond acceptors (Lipinski definition) is 4. The molecule has 2 aliphatic rings. The fourth-order valence-electron chi connectivity index (χ4n) is 2.78. The molecule has 0 saturated heterocycles. The number of carbonyl (C=O) groups is 3. The molecule has 0 aromatic carbocycles. The van der Waals surface area contributed by atoms with E-state index < -0.39 is 5.97 Å². The number of hydrogen-bond donors (Lipinski definition) is 0. The van der Waals surface area contributed by atoms with Crippen molar-refractivity contribution in [3.05, 3.63) is 36.0 Å². The number of esters is 1. The Morgan fingerprint density at radius 3 is 2.74 bits per heavy atom. The maximum absolute atomic E-state index is 11.4. The lowest BCUT2D eigenvalue weighted by molar-refractivity contribution is -0.135. The Morgan fingerprint density at radius 1 is 1.47 bits per heavy atom. The molecule has 0 aliphatic heterocycles. The number of carbonyl (C=O) groups excluding carboxylic acids is 3. The van der Waals surface area contributed by atoms with Crippen LogP contribution in [-0.4, -0.2) is 25.1 Å². The highest BCUT2D eigenvalue weighted by Gasteiger charge is 2.39. The molecular weight excluding hydrogens is 244 g/mol. The van der Waals surface area contributed by atoms with Crippen LogP contribution in [0.4, 0.5) is 0 Å². The Morgan fingerprint density at radius 2 is 2.16 bits per heavy atom. The minimum Gasteiger partial charge on any atom is -0.466 e. The lowest BCUT2D eigenvalue weighted by Gasteiger charge is -2.22. The highest BCUT2D eigenvalue weighted by atomic mass is 16.5. The van der Waals surface area contributed by atoms with Gasteiger partial charge in [-0.25, -0.2) is 4.79 Å². The third-order valence-electron chi connectivity index (χ3n) is 3.73. The minimum atomic E-state index is -0.400. The molecule has 0 N–H and O–H groups in total. The molecule has 4 nitrogen and oxygen atoms in total. The van der Waals surface area contributed by atoms with E-state index in [2.05, 4.69) is 4.74 Å². The Kier molecular flexibility index (Phi) is 3.79. The summed E-state index contributed by atoms with van der Waals surface area (Å²) in [5.74, 6) is -0.384. The second-order valence-corrected chi connectivity index (χ2v) is 5.02.